The van der Waals surface area contributed by atoms with Crippen molar-refractivity contribution in [1.29, 1.82) is 0 Å². The van der Waals surface area contributed by atoms with Crippen LogP contribution < -0.4 is 4.90 Å². The van der Waals surface area contributed by atoms with Gasteiger partial charge in [0.05, 0.1) is 5.56 Å². The fourth-order valence-corrected chi connectivity index (χ4v) is 3.93. The van der Waals surface area contributed by atoms with Crippen LogP contribution in [0, 0.1) is 0 Å². The van der Waals surface area contributed by atoms with E-state index in [0.29, 0.717) is 5.56 Å². The van der Waals surface area contributed by atoms with Gasteiger partial charge in [-0.3, -0.25) is 4.79 Å². The average Bonchev–Trinajstić information content (AvgIpc) is 2.69. The van der Waals surface area contributed by atoms with Crippen molar-refractivity contribution in [3.05, 3.63) is 62.5 Å². The van der Waals surface area contributed by atoms with Crippen LogP contribution in [0.25, 0.3) is 0 Å². The Labute approximate surface area is 141 Å². The highest BCUT2D eigenvalue weighted by molar-refractivity contribution is 9.11. The molecule has 0 aliphatic carbocycles. The van der Waals surface area contributed by atoms with Gasteiger partial charge in [-0.25, -0.2) is 0 Å². The molecule has 0 spiro atoms. The summed E-state index contributed by atoms with van der Waals surface area (Å²) < 4.78 is 1.78. The van der Waals surface area contributed by atoms with Crippen LogP contribution in [0.3, 0.4) is 0 Å². The van der Waals surface area contributed by atoms with E-state index in [1.165, 1.54) is 5.56 Å². The molecule has 2 aromatic rings. The first kappa shape index (κ1) is 14.8. The van der Waals surface area contributed by atoms with Gasteiger partial charge in [0.1, 0.15) is 0 Å². The highest BCUT2D eigenvalue weighted by atomic mass is 79.9. The Bertz CT molecular complexity index is 684. The van der Waals surface area contributed by atoms with Crippen LogP contribution in [0.15, 0.2) is 51.4 Å². The van der Waals surface area contributed by atoms with E-state index in [9.17, 15) is 4.79 Å². The molecule has 1 aliphatic heterocycles. The fraction of sp³-hybridized carbons (Fsp3) is 0.235. The minimum Gasteiger partial charge on any atom is -0.308 e. The first-order valence-electron chi connectivity index (χ1n) is 7.01. The van der Waals surface area contributed by atoms with Gasteiger partial charge in [0.2, 0.25) is 0 Å². The van der Waals surface area contributed by atoms with Crippen LogP contribution in [0.2, 0.25) is 0 Å². The number of carbonyl (C=O) groups is 1. The highest BCUT2D eigenvalue weighted by Gasteiger charge is 2.23. The molecule has 0 aromatic heterocycles. The maximum atomic E-state index is 12.9. The van der Waals surface area contributed by atoms with Gasteiger partial charge in [0.25, 0.3) is 5.91 Å². The van der Waals surface area contributed by atoms with Crippen LogP contribution in [-0.2, 0) is 6.42 Å². The van der Waals surface area contributed by atoms with E-state index in [4.69, 9.17) is 0 Å². The third kappa shape index (κ3) is 3.06. The molecular formula is C17H15Br2NO. The van der Waals surface area contributed by atoms with Gasteiger partial charge in [0, 0.05) is 21.2 Å². The molecule has 0 saturated carbocycles. The van der Waals surface area contributed by atoms with Crippen LogP contribution >= 0.6 is 31.9 Å². The Morgan fingerprint density at radius 3 is 2.67 bits per heavy atom. The molecule has 1 aliphatic rings. The molecule has 2 aromatic carbocycles. The summed E-state index contributed by atoms with van der Waals surface area (Å²) in [7, 11) is 0. The summed E-state index contributed by atoms with van der Waals surface area (Å²) in [6, 6.07) is 13.9. The Hall–Kier alpha value is -1.13. The summed E-state index contributed by atoms with van der Waals surface area (Å²) in [5.74, 6) is 0.0590. The molecule has 1 amide bonds. The number of hydrogen-bond acceptors (Lipinski definition) is 1. The Morgan fingerprint density at radius 1 is 1.05 bits per heavy atom. The summed E-state index contributed by atoms with van der Waals surface area (Å²) in [6.45, 7) is 0.776. The number of fused-ring (bicyclic) bond motifs is 1. The van der Waals surface area contributed by atoms with E-state index < -0.39 is 0 Å². The number of carbonyl (C=O) groups excluding carboxylic acids is 1. The minimum atomic E-state index is 0.0590. The van der Waals surface area contributed by atoms with Gasteiger partial charge >= 0.3 is 0 Å². The SMILES string of the molecule is O=C(c1ccc(Br)cc1Br)N1CCCCc2ccccc21. The quantitative estimate of drug-likeness (QED) is 0.635. The van der Waals surface area contributed by atoms with Gasteiger partial charge in [-0.1, -0.05) is 34.1 Å². The predicted octanol–water partition coefficient (Wildman–Crippen LogP) is 5.19. The second-order valence-corrected chi connectivity index (χ2v) is 6.94. The lowest BCUT2D eigenvalue weighted by atomic mass is 10.1. The average molecular weight is 409 g/mol. The van der Waals surface area contributed by atoms with Crippen LogP contribution in [0.1, 0.15) is 28.8 Å². The van der Waals surface area contributed by atoms with Crippen LogP contribution in [-0.4, -0.2) is 12.5 Å². The molecule has 0 radical (unpaired) electrons. The van der Waals surface area contributed by atoms with E-state index in [0.717, 1.165) is 40.4 Å². The minimum absolute atomic E-state index is 0.0590. The number of rotatable bonds is 1. The van der Waals surface area contributed by atoms with E-state index in [1.54, 1.807) is 0 Å². The second kappa shape index (κ2) is 6.32. The third-order valence-corrected chi connectivity index (χ3v) is 4.92. The summed E-state index contributed by atoms with van der Waals surface area (Å²) in [6.07, 6.45) is 3.21. The number of anilines is 1. The lowest BCUT2D eigenvalue weighted by molar-refractivity contribution is 0.0986. The second-order valence-electron chi connectivity index (χ2n) is 5.17. The zero-order valence-electron chi connectivity index (χ0n) is 11.5. The van der Waals surface area contributed by atoms with Crippen LogP contribution in [0.4, 0.5) is 5.69 Å². The van der Waals surface area contributed by atoms with Crippen molar-refractivity contribution < 1.29 is 4.79 Å². The highest BCUT2D eigenvalue weighted by Crippen LogP contribution is 2.30. The number of hydrogen-bond donors (Lipinski definition) is 0. The van der Waals surface area contributed by atoms with Crippen molar-refractivity contribution >= 4 is 43.5 Å². The standard InChI is InChI=1S/C17H15Br2NO/c18-13-8-9-14(15(19)11-13)17(21)20-10-4-3-6-12-5-1-2-7-16(12)20/h1-2,5,7-9,11H,3-4,6,10H2. The Balaban J connectivity index is 2.01. The largest absolute Gasteiger partial charge is 0.308 e. The molecular weight excluding hydrogens is 394 g/mol. The van der Waals surface area contributed by atoms with E-state index >= 15 is 0 Å². The summed E-state index contributed by atoms with van der Waals surface area (Å²) in [4.78, 5) is 14.8. The molecule has 0 N–H and O–H groups in total. The number of aryl methyl sites for hydroxylation is 1. The Kier molecular flexibility index (Phi) is 4.45. The predicted molar refractivity (Wildman–Crippen MR) is 92.9 cm³/mol. The molecule has 21 heavy (non-hydrogen) atoms. The number of para-hydroxylation sites is 1. The van der Waals surface area contributed by atoms with Gasteiger partial charge in [0.15, 0.2) is 0 Å². The van der Waals surface area contributed by atoms with Crippen molar-refractivity contribution in [2.75, 3.05) is 11.4 Å². The topological polar surface area (TPSA) is 20.3 Å². The Morgan fingerprint density at radius 2 is 1.86 bits per heavy atom. The molecule has 0 fully saturated rings. The smallest absolute Gasteiger partial charge is 0.259 e. The molecule has 3 rings (SSSR count). The zero-order valence-corrected chi connectivity index (χ0v) is 14.7. The fourth-order valence-electron chi connectivity index (χ4n) is 2.71. The number of benzene rings is 2. The van der Waals surface area contributed by atoms with Gasteiger partial charge in [-0.2, -0.15) is 0 Å². The maximum absolute atomic E-state index is 12.9. The van der Waals surface area contributed by atoms with E-state index in [1.807, 2.05) is 41.3 Å². The molecule has 0 saturated heterocycles. The van der Waals surface area contributed by atoms with E-state index in [-0.39, 0.29) is 5.91 Å². The molecule has 0 unspecified atom stereocenters. The molecule has 0 bridgehead atoms. The zero-order chi connectivity index (χ0) is 14.8. The van der Waals surface area contributed by atoms with Crippen molar-refractivity contribution in [2.24, 2.45) is 0 Å². The molecule has 1 heterocycles. The van der Waals surface area contributed by atoms with Crippen molar-refractivity contribution in [3.63, 3.8) is 0 Å². The first-order valence-corrected chi connectivity index (χ1v) is 8.60. The molecule has 4 heteroatoms. The van der Waals surface area contributed by atoms with Crippen molar-refractivity contribution in [1.82, 2.24) is 0 Å². The van der Waals surface area contributed by atoms with Gasteiger partial charge < -0.3 is 4.90 Å². The van der Waals surface area contributed by atoms with E-state index in [2.05, 4.69) is 37.9 Å². The van der Waals surface area contributed by atoms with Crippen molar-refractivity contribution in [2.45, 2.75) is 19.3 Å². The lowest BCUT2D eigenvalue weighted by Gasteiger charge is -2.23. The van der Waals surface area contributed by atoms with Crippen molar-refractivity contribution in [3.8, 4) is 0 Å². The summed E-state index contributed by atoms with van der Waals surface area (Å²) >= 11 is 6.92. The monoisotopic (exact) mass is 407 g/mol. The molecule has 2 nitrogen and oxygen atoms in total. The maximum Gasteiger partial charge on any atom is 0.259 e. The normalized spacial score (nSPS) is 14.5. The van der Waals surface area contributed by atoms with Gasteiger partial charge in [-0.05, 0) is 65.0 Å². The number of nitrogens with zero attached hydrogens (tertiary/aromatic N) is 1. The van der Waals surface area contributed by atoms with Crippen LogP contribution in [0.5, 0.6) is 0 Å². The number of amides is 1. The summed E-state index contributed by atoms with van der Waals surface area (Å²) in [5, 5.41) is 0. The molecule has 0 atom stereocenters. The lowest BCUT2D eigenvalue weighted by Crippen LogP contribution is -2.32. The third-order valence-electron chi connectivity index (χ3n) is 3.77. The summed E-state index contributed by atoms with van der Waals surface area (Å²) in [5.41, 5.74) is 3.02. The van der Waals surface area contributed by atoms with Gasteiger partial charge in [-0.15, -0.1) is 0 Å². The first-order chi connectivity index (χ1) is 10.2. The molecule has 108 valence electrons. The number of halogens is 2.